The molecule has 0 aliphatic carbocycles. The van der Waals surface area contributed by atoms with Gasteiger partial charge in [0.1, 0.15) is 11.0 Å². The number of carbonyl (C=O) groups is 1. The molecule has 0 atom stereocenters. The number of nitrogens with zero attached hydrogens (tertiary/aromatic N) is 3. The highest BCUT2D eigenvalue weighted by Gasteiger charge is 2.38. The molecule has 0 spiro atoms. The SMILES string of the molecule is O=C(Nc1ccc2nn(-c3ccccc3)nc2c1)C(F)(F)F. The molecule has 0 aliphatic rings. The maximum Gasteiger partial charge on any atom is 0.471 e. The smallest absolute Gasteiger partial charge is 0.318 e. The molecule has 3 rings (SSSR count). The minimum absolute atomic E-state index is 0.00920. The van der Waals surface area contributed by atoms with Gasteiger partial charge in [-0.3, -0.25) is 4.79 Å². The lowest BCUT2D eigenvalue weighted by atomic mass is 10.2. The van der Waals surface area contributed by atoms with Crippen molar-refractivity contribution in [1.82, 2.24) is 15.0 Å². The summed E-state index contributed by atoms with van der Waals surface area (Å²) in [6, 6.07) is 13.2. The predicted molar refractivity (Wildman–Crippen MR) is 73.5 cm³/mol. The van der Waals surface area contributed by atoms with Gasteiger partial charge in [-0.15, -0.1) is 10.2 Å². The van der Waals surface area contributed by atoms with Crippen LogP contribution in [-0.2, 0) is 4.79 Å². The normalized spacial score (nSPS) is 11.6. The second kappa shape index (κ2) is 5.14. The molecule has 0 radical (unpaired) electrons. The maximum atomic E-state index is 12.2. The van der Waals surface area contributed by atoms with Crippen LogP contribution in [0.2, 0.25) is 0 Å². The van der Waals surface area contributed by atoms with Gasteiger partial charge in [-0.05, 0) is 30.3 Å². The summed E-state index contributed by atoms with van der Waals surface area (Å²) >= 11 is 0. The van der Waals surface area contributed by atoms with E-state index in [1.165, 1.54) is 23.0 Å². The third-order valence-corrected chi connectivity index (χ3v) is 2.88. The molecule has 5 nitrogen and oxygen atoms in total. The summed E-state index contributed by atoms with van der Waals surface area (Å²) in [5.41, 5.74) is 1.62. The Morgan fingerprint density at radius 1 is 1.00 bits per heavy atom. The number of aromatic nitrogens is 3. The molecule has 1 aromatic heterocycles. The lowest BCUT2D eigenvalue weighted by Crippen LogP contribution is -2.29. The van der Waals surface area contributed by atoms with Gasteiger partial charge in [0.15, 0.2) is 0 Å². The Labute approximate surface area is 122 Å². The third kappa shape index (κ3) is 2.76. The number of anilines is 1. The fourth-order valence-electron chi connectivity index (χ4n) is 1.87. The average molecular weight is 306 g/mol. The molecule has 22 heavy (non-hydrogen) atoms. The van der Waals surface area contributed by atoms with Crippen LogP contribution in [0, 0.1) is 0 Å². The van der Waals surface area contributed by atoms with Crippen LogP contribution in [0.1, 0.15) is 0 Å². The molecular formula is C14H9F3N4O. The van der Waals surface area contributed by atoms with Crippen molar-refractivity contribution in [2.45, 2.75) is 6.18 Å². The minimum atomic E-state index is -4.93. The van der Waals surface area contributed by atoms with Crippen LogP contribution >= 0.6 is 0 Å². The number of rotatable bonds is 2. The summed E-state index contributed by atoms with van der Waals surface area (Å²) in [6.45, 7) is 0. The van der Waals surface area contributed by atoms with Crippen molar-refractivity contribution < 1.29 is 18.0 Å². The molecule has 112 valence electrons. The number of hydrogen-bond acceptors (Lipinski definition) is 3. The van der Waals surface area contributed by atoms with Crippen molar-refractivity contribution in [1.29, 1.82) is 0 Å². The number of hydrogen-bond donors (Lipinski definition) is 1. The number of amides is 1. The second-order valence-corrected chi connectivity index (χ2v) is 4.48. The first-order valence-electron chi connectivity index (χ1n) is 6.24. The molecule has 0 bridgehead atoms. The van der Waals surface area contributed by atoms with Gasteiger partial charge in [-0.2, -0.15) is 18.0 Å². The van der Waals surface area contributed by atoms with Crippen molar-refractivity contribution >= 4 is 22.6 Å². The maximum absolute atomic E-state index is 12.2. The zero-order valence-electron chi connectivity index (χ0n) is 11.0. The zero-order chi connectivity index (χ0) is 15.7. The highest BCUT2D eigenvalue weighted by Crippen LogP contribution is 2.21. The number of carbonyl (C=O) groups excluding carboxylic acids is 1. The molecular weight excluding hydrogens is 297 g/mol. The summed E-state index contributed by atoms with van der Waals surface area (Å²) in [4.78, 5) is 12.3. The number of alkyl halides is 3. The number of halogens is 3. The standard InChI is InChI=1S/C14H9F3N4O/c15-14(16,17)13(22)18-9-6-7-11-12(8-9)20-21(19-11)10-4-2-1-3-5-10/h1-8H,(H,18,22). The Kier molecular flexibility index (Phi) is 3.28. The van der Waals surface area contributed by atoms with Gasteiger partial charge in [0, 0.05) is 5.69 Å². The molecule has 1 heterocycles. The van der Waals surface area contributed by atoms with Crippen molar-refractivity contribution in [3.8, 4) is 5.69 Å². The molecule has 0 unspecified atom stereocenters. The van der Waals surface area contributed by atoms with Crippen LogP contribution in [0.4, 0.5) is 18.9 Å². The van der Waals surface area contributed by atoms with E-state index in [2.05, 4.69) is 10.2 Å². The van der Waals surface area contributed by atoms with E-state index in [1.54, 1.807) is 17.4 Å². The first-order chi connectivity index (χ1) is 10.4. The molecule has 2 aromatic carbocycles. The second-order valence-electron chi connectivity index (χ2n) is 4.48. The molecule has 3 aromatic rings. The topological polar surface area (TPSA) is 59.8 Å². The molecule has 1 amide bonds. The van der Waals surface area contributed by atoms with Crippen LogP contribution in [0.25, 0.3) is 16.7 Å². The van der Waals surface area contributed by atoms with E-state index >= 15 is 0 Å². The summed E-state index contributed by atoms with van der Waals surface area (Å²) < 4.78 is 36.7. The number of para-hydroxylation sites is 1. The van der Waals surface area contributed by atoms with Crippen LogP contribution in [-0.4, -0.2) is 27.1 Å². The third-order valence-electron chi connectivity index (χ3n) is 2.88. The molecule has 0 aliphatic heterocycles. The van der Waals surface area contributed by atoms with Gasteiger partial charge < -0.3 is 5.32 Å². The van der Waals surface area contributed by atoms with E-state index in [-0.39, 0.29) is 5.69 Å². The van der Waals surface area contributed by atoms with Crippen molar-refractivity contribution in [3.05, 3.63) is 48.5 Å². The Morgan fingerprint density at radius 2 is 1.68 bits per heavy atom. The molecule has 1 N–H and O–H groups in total. The summed E-state index contributed by atoms with van der Waals surface area (Å²) in [6.07, 6.45) is -4.93. The van der Waals surface area contributed by atoms with E-state index in [0.717, 1.165) is 5.69 Å². The monoisotopic (exact) mass is 306 g/mol. The quantitative estimate of drug-likeness (QED) is 0.792. The van der Waals surface area contributed by atoms with Gasteiger partial charge in [-0.25, -0.2) is 0 Å². The van der Waals surface area contributed by atoms with Crippen molar-refractivity contribution in [3.63, 3.8) is 0 Å². The van der Waals surface area contributed by atoms with Gasteiger partial charge in [0.25, 0.3) is 0 Å². The van der Waals surface area contributed by atoms with Crippen LogP contribution in [0.15, 0.2) is 48.5 Å². The highest BCUT2D eigenvalue weighted by atomic mass is 19.4. The van der Waals surface area contributed by atoms with Crippen LogP contribution < -0.4 is 5.32 Å². The van der Waals surface area contributed by atoms with E-state index in [9.17, 15) is 18.0 Å². The fraction of sp³-hybridized carbons (Fsp3) is 0.0714. The Balaban J connectivity index is 1.92. The zero-order valence-corrected chi connectivity index (χ0v) is 11.0. The van der Waals surface area contributed by atoms with E-state index in [0.29, 0.717) is 11.0 Å². The molecule has 8 heteroatoms. The summed E-state index contributed by atoms with van der Waals surface area (Å²) in [5.74, 6) is -2.03. The first-order valence-corrected chi connectivity index (χ1v) is 6.24. The van der Waals surface area contributed by atoms with Gasteiger partial charge in [0.05, 0.1) is 5.69 Å². The molecule has 0 saturated carbocycles. The predicted octanol–water partition coefficient (Wildman–Crippen LogP) is 2.92. The number of benzene rings is 2. The van der Waals surface area contributed by atoms with E-state index in [4.69, 9.17) is 0 Å². The fourth-order valence-corrected chi connectivity index (χ4v) is 1.87. The summed E-state index contributed by atoms with van der Waals surface area (Å²) in [5, 5.41) is 10.2. The van der Waals surface area contributed by atoms with E-state index < -0.39 is 12.1 Å². The lowest BCUT2D eigenvalue weighted by molar-refractivity contribution is -0.167. The Morgan fingerprint density at radius 3 is 2.36 bits per heavy atom. The van der Waals surface area contributed by atoms with Crippen LogP contribution in [0.5, 0.6) is 0 Å². The largest absolute Gasteiger partial charge is 0.471 e. The number of fused-ring (bicyclic) bond motifs is 1. The van der Waals surface area contributed by atoms with E-state index in [1.807, 2.05) is 18.2 Å². The van der Waals surface area contributed by atoms with Crippen LogP contribution in [0.3, 0.4) is 0 Å². The van der Waals surface area contributed by atoms with Crippen molar-refractivity contribution in [2.75, 3.05) is 5.32 Å². The Bertz CT molecular complexity index is 827. The molecule has 0 fully saturated rings. The minimum Gasteiger partial charge on any atom is -0.318 e. The molecule has 0 saturated heterocycles. The highest BCUT2D eigenvalue weighted by molar-refractivity contribution is 5.96. The van der Waals surface area contributed by atoms with Gasteiger partial charge in [-0.1, -0.05) is 18.2 Å². The van der Waals surface area contributed by atoms with Gasteiger partial charge in [0.2, 0.25) is 0 Å². The average Bonchev–Trinajstić information content (AvgIpc) is 2.90. The lowest BCUT2D eigenvalue weighted by Gasteiger charge is -2.07. The number of nitrogens with one attached hydrogen (secondary N) is 1. The first kappa shape index (κ1) is 14.1. The summed E-state index contributed by atoms with van der Waals surface area (Å²) in [7, 11) is 0. The Hall–Kier alpha value is -2.90. The van der Waals surface area contributed by atoms with Gasteiger partial charge >= 0.3 is 12.1 Å². The van der Waals surface area contributed by atoms with Crippen molar-refractivity contribution in [2.24, 2.45) is 0 Å².